The van der Waals surface area contributed by atoms with Gasteiger partial charge in [0.2, 0.25) is 0 Å². The van der Waals surface area contributed by atoms with Crippen LogP contribution in [0.1, 0.15) is 44.0 Å². The summed E-state index contributed by atoms with van der Waals surface area (Å²) in [6, 6.07) is 3.67. The zero-order valence-corrected chi connectivity index (χ0v) is 16.0. The Balaban J connectivity index is 1.66. The molecule has 0 spiro atoms. The second-order valence-electron chi connectivity index (χ2n) is 6.25. The molecule has 2 amide bonds. The highest BCUT2D eigenvalue weighted by molar-refractivity contribution is 7.17. The number of thiophene rings is 1. The first-order valence-electron chi connectivity index (χ1n) is 8.65. The number of rotatable bonds is 6. The Kier molecular flexibility index (Phi) is 5.93. The van der Waals surface area contributed by atoms with Gasteiger partial charge >= 0.3 is 5.97 Å². The fraction of sp³-hybridized carbons (Fsp3) is 0.316. The molecule has 0 bridgehead atoms. The molecular weight excluding hydrogens is 387 g/mol. The number of hydrogen-bond acceptors (Lipinski definition) is 6. The van der Waals surface area contributed by atoms with Crippen molar-refractivity contribution < 1.29 is 28.2 Å². The summed E-state index contributed by atoms with van der Waals surface area (Å²) in [6.07, 6.45) is 3.56. The van der Waals surface area contributed by atoms with E-state index in [0.29, 0.717) is 10.6 Å². The van der Waals surface area contributed by atoms with E-state index in [9.17, 15) is 18.8 Å². The average molecular weight is 406 g/mol. The Bertz CT molecular complexity index is 941. The predicted molar refractivity (Wildman–Crippen MR) is 101 cm³/mol. The molecule has 0 radical (unpaired) electrons. The minimum atomic E-state index is -0.976. The first-order valence-corrected chi connectivity index (χ1v) is 9.47. The topological polar surface area (TPSA) is 108 Å². The third kappa shape index (κ3) is 4.14. The van der Waals surface area contributed by atoms with E-state index >= 15 is 0 Å². The summed E-state index contributed by atoms with van der Waals surface area (Å²) < 4.78 is 23.6. The summed E-state index contributed by atoms with van der Waals surface area (Å²) in [5.74, 6) is -2.77. The van der Waals surface area contributed by atoms with Crippen molar-refractivity contribution >= 4 is 34.1 Å². The Hall–Kier alpha value is -2.94. The van der Waals surface area contributed by atoms with Crippen LogP contribution in [0.4, 0.5) is 9.39 Å². The molecule has 1 aliphatic rings. The zero-order valence-electron chi connectivity index (χ0n) is 15.2. The highest BCUT2D eigenvalue weighted by Gasteiger charge is 2.25. The monoisotopic (exact) mass is 406 g/mol. The van der Waals surface area contributed by atoms with E-state index in [2.05, 4.69) is 5.32 Å². The number of amides is 2. The quantitative estimate of drug-likeness (QED) is 0.717. The molecule has 0 atom stereocenters. The molecule has 7 nitrogen and oxygen atoms in total. The third-order valence-corrected chi connectivity index (χ3v) is 5.61. The van der Waals surface area contributed by atoms with Crippen LogP contribution in [0, 0.1) is 5.82 Å². The van der Waals surface area contributed by atoms with Crippen LogP contribution in [0.3, 0.4) is 0 Å². The molecule has 1 aromatic carbocycles. The molecule has 2 aromatic rings. The van der Waals surface area contributed by atoms with Crippen LogP contribution < -0.4 is 15.8 Å². The van der Waals surface area contributed by atoms with Gasteiger partial charge in [0.05, 0.1) is 18.2 Å². The number of halogens is 1. The lowest BCUT2D eigenvalue weighted by Gasteiger charge is -2.11. The number of nitrogens with two attached hydrogens (primary N) is 1. The van der Waals surface area contributed by atoms with E-state index in [0.717, 1.165) is 42.2 Å². The van der Waals surface area contributed by atoms with Crippen molar-refractivity contribution in [3.63, 3.8) is 0 Å². The molecular formula is C19H19FN2O5S. The fourth-order valence-corrected chi connectivity index (χ4v) is 4.39. The van der Waals surface area contributed by atoms with Gasteiger partial charge in [0, 0.05) is 10.9 Å². The summed E-state index contributed by atoms with van der Waals surface area (Å²) in [5.41, 5.74) is 6.37. The number of aryl methyl sites for hydroxylation is 1. The summed E-state index contributed by atoms with van der Waals surface area (Å²) in [6.45, 7) is -0.620. The van der Waals surface area contributed by atoms with Crippen LogP contribution >= 0.6 is 11.3 Å². The number of carbonyl (C=O) groups is 3. The standard InChI is InChI=1S/C19H19FN2O5S/c1-26-10-6-7-11(13(20)8-10)19(25)27-9-15(23)22-18-16(17(21)24)12-4-2-3-5-14(12)28-18/h6-8H,2-5,9H2,1H3,(H2,21,24)(H,22,23). The Morgan fingerprint density at radius 3 is 2.68 bits per heavy atom. The van der Waals surface area contributed by atoms with Crippen molar-refractivity contribution in [2.75, 3.05) is 19.0 Å². The summed E-state index contributed by atoms with van der Waals surface area (Å²) in [7, 11) is 1.37. The normalized spacial score (nSPS) is 12.8. The first-order chi connectivity index (χ1) is 13.4. The smallest absolute Gasteiger partial charge is 0.341 e. The second kappa shape index (κ2) is 8.39. The maximum absolute atomic E-state index is 13.9. The van der Waals surface area contributed by atoms with Crippen LogP contribution in [0.5, 0.6) is 5.75 Å². The van der Waals surface area contributed by atoms with Gasteiger partial charge < -0.3 is 20.5 Å². The van der Waals surface area contributed by atoms with Gasteiger partial charge in [0.25, 0.3) is 11.8 Å². The molecule has 1 heterocycles. The van der Waals surface area contributed by atoms with E-state index in [-0.39, 0.29) is 11.3 Å². The van der Waals surface area contributed by atoms with Gasteiger partial charge in [0.1, 0.15) is 16.6 Å². The molecule has 3 rings (SSSR count). The van der Waals surface area contributed by atoms with Crippen molar-refractivity contribution in [1.82, 2.24) is 0 Å². The number of esters is 1. The number of hydrogen-bond donors (Lipinski definition) is 2. The minimum absolute atomic E-state index is 0.257. The van der Waals surface area contributed by atoms with Crippen LogP contribution in [0.15, 0.2) is 18.2 Å². The second-order valence-corrected chi connectivity index (χ2v) is 7.35. The van der Waals surface area contributed by atoms with Crippen LogP contribution in [-0.2, 0) is 22.4 Å². The largest absolute Gasteiger partial charge is 0.497 e. The number of benzene rings is 1. The van der Waals surface area contributed by atoms with E-state index in [1.807, 2.05) is 0 Å². The van der Waals surface area contributed by atoms with E-state index in [1.165, 1.54) is 30.6 Å². The summed E-state index contributed by atoms with van der Waals surface area (Å²) in [4.78, 5) is 37.0. The Labute approximate surface area is 164 Å². The van der Waals surface area contributed by atoms with E-state index < -0.39 is 30.2 Å². The van der Waals surface area contributed by atoms with Crippen molar-refractivity contribution in [2.24, 2.45) is 5.73 Å². The van der Waals surface area contributed by atoms with Gasteiger partial charge in [-0.15, -0.1) is 11.3 Å². The molecule has 0 unspecified atom stereocenters. The third-order valence-electron chi connectivity index (χ3n) is 4.40. The van der Waals surface area contributed by atoms with Crippen molar-refractivity contribution in [1.29, 1.82) is 0 Å². The highest BCUT2D eigenvalue weighted by Crippen LogP contribution is 2.37. The fourth-order valence-electron chi connectivity index (χ4n) is 3.07. The lowest BCUT2D eigenvalue weighted by Crippen LogP contribution is -2.23. The molecule has 0 fully saturated rings. The highest BCUT2D eigenvalue weighted by atomic mass is 32.1. The lowest BCUT2D eigenvalue weighted by atomic mass is 9.95. The van der Waals surface area contributed by atoms with Gasteiger partial charge in [0.15, 0.2) is 6.61 Å². The van der Waals surface area contributed by atoms with E-state index in [1.54, 1.807) is 0 Å². The molecule has 0 saturated heterocycles. The molecule has 3 N–H and O–H groups in total. The Morgan fingerprint density at radius 2 is 2.00 bits per heavy atom. The van der Waals surface area contributed by atoms with E-state index in [4.69, 9.17) is 15.2 Å². The number of ether oxygens (including phenoxy) is 2. The van der Waals surface area contributed by atoms with Gasteiger partial charge in [-0.3, -0.25) is 9.59 Å². The molecule has 1 aliphatic carbocycles. The number of carbonyl (C=O) groups excluding carboxylic acids is 3. The molecule has 1 aromatic heterocycles. The molecule has 9 heteroatoms. The maximum atomic E-state index is 13.9. The zero-order chi connectivity index (χ0) is 20.3. The van der Waals surface area contributed by atoms with Gasteiger partial charge in [-0.1, -0.05) is 0 Å². The van der Waals surface area contributed by atoms with Crippen LogP contribution in [0.2, 0.25) is 0 Å². The number of methoxy groups -OCH3 is 1. The van der Waals surface area contributed by atoms with Gasteiger partial charge in [-0.2, -0.15) is 0 Å². The van der Waals surface area contributed by atoms with Gasteiger partial charge in [-0.05, 0) is 43.4 Å². The van der Waals surface area contributed by atoms with Crippen molar-refractivity contribution in [3.05, 3.63) is 45.6 Å². The first kappa shape index (κ1) is 19.8. The number of fused-ring (bicyclic) bond motifs is 1. The molecule has 0 aliphatic heterocycles. The lowest BCUT2D eigenvalue weighted by molar-refractivity contribution is -0.119. The molecule has 0 saturated carbocycles. The predicted octanol–water partition coefficient (Wildman–Crippen LogP) is 2.67. The minimum Gasteiger partial charge on any atom is -0.497 e. The summed E-state index contributed by atoms with van der Waals surface area (Å²) in [5, 5.41) is 2.93. The van der Waals surface area contributed by atoms with Crippen LogP contribution in [0.25, 0.3) is 0 Å². The van der Waals surface area contributed by atoms with Crippen molar-refractivity contribution in [2.45, 2.75) is 25.7 Å². The summed E-state index contributed by atoms with van der Waals surface area (Å²) >= 11 is 1.31. The number of anilines is 1. The number of nitrogens with one attached hydrogen (secondary N) is 1. The van der Waals surface area contributed by atoms with Gasteiger partial charge in [-0.25, -0.2) is 9.18 Å². The molecule has 148 valence electrons. The maximum Gasteiger partial charge on any atom is 0.341 e. The van der Waals surface area contributed by atoms with Crippen LogP contribution in [-0.4, -0.2) is 31.5 Å². The SMILES string of the molecule is COc1ccc(C(=O)OCC(=O)Nc2sc3c(c2C(N)=O)CCCC3)c(F)c1. The molecule has 28 heavy (non-hydrogen) atoms. The van der Waals surface area contributed by atoms with Crippen molar-refractivity contribution in [3.8, 4) is 5.75 Å². The average Bonchev–Trinajstić information content (AvgIpc) is 3.03. The number of primary amides is 1. The Morgan fingerprint density at radius 1 is 1.25 bits per heavy atom.